The smallest absolute Gasteiger partial charge is 0.227 e. The van der Waals surface area contributed by atoms with Crippen LogP contribution >= 0.6 is 11.6 Å². The topological polar surface area (TPSA) is 49.4 Å². The van der Waals surface area contributed by atoms with Crippen molar-refractivity contribution >= 4 is 23.4 Å². The number of hydrogen-bond acceptors (Lipinski definition) is 2. The molecule has 5 heteroatoms. The molecule has 1 aromatic rings. The molecule has 0 spiro atoms. The van der Waals surface area contributed by atoms with Crippen molar-refractivity contribution < 1.29 is 9.59 Å². The van der Waals surface area contributed by atoms with E-state index < -0.39 is 0 Å². The van der Waals surface area contributed by atoms with Crippen LogP contribution in [0.3, 0.4) is 0 Å². The van der Waals surface area contributed by atoms with Gasteiger partial charge in [-0.1, -0.05) is 23.7 Å². The van der Waals surface area contributed by atoms with Gasteiger partial charge in [-0.25, -0.2) is 0 Å². The van der Waals surface area contributed by atoms with Crippen molar-refractivity contribution in [2.45, 2.75) is 19.3 Å². The van der Waals surface area contributed by atoms with Crippen LogP contribution in [-0.4, -0.2) is 36.9 Å². The molecule has 2 rings (SSSR count). The second-order valence-electron chi connectivity index (χ2n) is 5.10. The molecule has 2 amide bonds. The number of halogens is 1. The van der Waals surface area contributed by atoms with Gasteiger partial charge >= 0.3 is 0 Å². The number of rotatable bonds is 3. The van der Waals surface area contributed by atoms with E-state index in [0.29, 0.717) is 18.0 Å². The third kappa shape index (κ3) is 3.73. The van der Waals surface area contributed by atoms with Gasteiger partial charge in [0, 0.05) is 25.2 Å². The van der Waals surface area contributed by atoms with E-state index in [1.165, 1.54) is 0 Å². The summed E-state index contributed by atoms with van der Waals surface area (Å²) in [5.41, 5.74) is 0.946. The second-order valence-corrected chi connectivity index (χ2v) is 5.53. The molecule has 0 bridgehead atoms. The lowest BCUT2D eigenvalue weighted by Gasteiger charge is -2.32. The SMILES string of the molecule is CNC(=O)[C@H]1CCCN(C(=O)Cc2ccc(Cl)cc2)C1. The van der Waals surface area contributed by atoms with Crippen molar-refractivity contribution in [1.29, 1.82) is 0 Å². The standard InChI is InChI=1S/C15H19ClN2O2/c1-17-15(20)12-3-2-8-18(10-12)14(19)9-11-4-6-13(16)7-5-11/h4-7,12H,2-3,8-10H2,1H3,(H,17,20)/t12-/m0/s1. The van der Waals surface area contributed by atoms with Gasteiger partial charge in [-0.05, 0) is 30.5 Å². The van der Waals surface area contributed by atoms with Crippen LogP contribution in [-0.2, 0) is 16.0 Å². The Morgan fingerprint density at radius 3 is 2.70 bits per heavy atom. The van der Waals surface area contributed by atoms with Gasteiger partial charge in [-0.3, -0.25) is 9.59 Å². The molecule has 1 aromatic carbocycles. The largest absolute Gasteiger partial charge is 0.359 e. The maximum Gasteiger partial charge on any atom is 0.227 e. The Hall–Kier alpha value is -1.55. The molecule has 0 unspecified atom stereocenters. The minimum atomic E-state index is -0.0806. The Balaban J connectivity index is 1.95. The van der Waals surface area contributed by atoms with Crippen molar-refractivity contribution in [1.82, 2.24) is 10.2 Å². The average Bonchev–Trinajstić information content (AvgIpc) is 2.49. The number of hydrogen-bond donors (Lipinski definition) is 1. The molecule has 1 N–H and O–H groups in total. The monoisotopic (exact) mass is 294 g/mol. The van der Waals surface area contributed by atoms with Crippen LogP contribution in [0.1, 0.15) is 18.4 Å². The quantitative estimate of drug-likeness (QED) is 0.925. The minimum absolute atomic E-state index is 0.0222. The third-order valence-corrected chi connectivity index (χ3v) is 3.91. The summed E-state index contributed by atoms with van der Waals surface area (Å²) in [5.74, 6) is 0.0119. The van der Waals surface area contributed by atoms with Gasteiger partial charge in [0.2, 0.25) is 11.8 Å². The Morgan fingerprint density at radius 1 is 1.35 bits per heavy atom. The number of nitrogens with one attached hydrogen (secondary N) is 1. The number of piperidine rings is 1. The van der Waals surface area contributed by atoms with Crippen LogP contribution < -0.4 is 5.32 Å². The summed E-state index contributed by atoms with van der Waals surface area (Å²) < 4.78 is 0. The van der Waals surface area contributed by atoms with E-state index in [0.717, 1.165) is 24.9 Å². The van der Waals surface area contributed by atoms with Crippen LogP contribution in [0, 0.1) is 5.92 Å². The number of amides is 2. The molecule has 1 heterocycles. The van der Waals surface area contributed by atoms with Crippen LogP contribution in [0.4, 0.5) is 0 Å². The maximum atomic E-state index is 12.3. The summed E-state index contributed by atoms with van der Waals surface area (Å²) in [6, 6.07) is 7.29. The first kappa shape index (κ1) is 14.9. The van der Waals surface area contributed by atoms with Gasteiger partial charge < -0.3 is 10.2 Å². The highest BCUT2D eigenvalue weighted by Gasteiger charge is 2.27. The van der Waals surface area contributed by atoms with Crippen LogP contribution in [0.2, 0.25) is 5.02 Å². The molecule has 1 aliphatic rings. The third-order valence-electron chi connectivity index (χ3n) is 3.66. The second kappa shape index (κ2) is 6.75. The highest BCUT2D eigenvalue weighted by atomic mass is 35.5. The predicted octanol–water partition coefficient (Wildman–Crippen LogP) is 1.87. The van der Waals surface area contributed by atoms with Gasteiger partial charge in [0.25, 0.3) is 0 Å². The van der Waals surface area contributed by atoms with Crippen molar-refractivity contribution in [3.8, 4) is 0 Å². The minimum Gasteiger partial charge on any atom is -0.359 e. The summed E-state index contributed by atoms with van der Waals surface area (Å²) in [5, 5.41) is 3.32. The van der Waals surface area contributed by atoms with Crippen LogP contribution in [0.25, 0.3) is 0 Å². The van der Waals surface area contributed by atoms with Gasteiger partial charge in [0.1, 0.15) is 0 Å². The summed E-state index contributed by atoms with van der Waals surface area (Å²) in [6.07, 6.45) is 2.09. The van der Waals surface area contributed by atoms with Crippen molar-refractivity contribution in [2.24, 2.45) is 5.92 Å². The lowest BCUT2D eigenvalue weighted by Crippen LogP contribution is -2.45. The number of carbonyl (C=O) groups is 2. The zero-order valence-electron chi connectivity index (χ0n) is 11.6. The first-order chi connectivity index (χ1) is 9.60. The normalized spacial score (nSPS) is 18.7. The lowest BCUT2D eigenvalue weighted by molar-refractivity contribution is -0.135. The Kier molecular flexibility index (Phi) is 5.01. The summed E-state index contributed by atoms with van der Waals surface area (Å²) in [4.78, 5) is 25.7. The highest BCUT2D eigenvalue weighted by molar-refractivity contribution is 6.30. The summed E-state index contributed by atoms with van der Waals surface area (Å²) in [6.45, 7) is 1.26. The summed E-state index contributed by atoms with van der Waals surface area (Å²) in [7, 11) is 1.64. The Morgan fingerprint density at radius 2 is 2.05 bits per heavy atom. The highest BCUT2D eigenvalue weighted by Crippen LogP contribution is 2.18. The van der Waals surface area contributed by atoms with Crippen LogP contribution in [0.15, 0.2) is 24.3 Å². The van der Waals surface area contributed by atoms with E-state index in [4.69, 9.17) is 11.6 Å². The van der Waals surface area contributed by atoms with E-state index in [-0.39, 0.29) is 17.7 Å². The Labute approximate surface area is 124 Å². The van der Waals surface area contributed by atoms with Crippen molar-refractivity contribution in [2.75, 3.05) is 20.1 Å². The fraction of sp³-hybridized carbons (Fsp3) is 0.467. The van der Waals surface area contributed by atoms with Crippen molar-refractivity contribution in [3.05, 3.63) is 34.9 Å². The van der Waals surface area contributed by atoms with E-state index >= 15 is 0 Å². The van der Waals surface area contributed by atoms with E-state index in [9.17, 15) is 9.59 Å². The fourth-order valence-electron chi connectivity index (χ4n) is 2.51. The average molecular weight is 295 g/mol. The first-order valence-corrected chi connectivity index (χ1v) is 7.21. The molecule has 0 aromatic heterocycles. The van der Waals surface area contributed by atoms with E-state index in [1.807, 2.05) is 12.1 Å². The maximum absolute atomic E-state index is 12.3. The van der Waals surface area contributed by atoms with Gasteiger partial charge in [-0.15, -0.1) is 0 Å². The number of likely N-dealkylation sites (tertiary alicyclic amines) is 1. The molecule has 0 radical (unpaired) electrons. The number of nitrogens with zero attached hydrogens (tertiary/aromatic N) is 1. The molecular weight excluding hydrogens is 276 g/mol. The predicted molar refractivity (Wildman–Crippen MR) is 78.5 cm³/mol. The molecule has 4 nitrogen and oxygen atoms in total. The molecule has 1 aliphatic heterocycles. The van der Waals surface area contributed by atoms with Gasteiger partial charge in [0.15, 0.2) is 0 Å². The molecule has 0 aliphatic carbocycles. The number of benzene rings is 1. The van der Waals surface area contributed by atoms with E-state index in [1.54, 1.807) is 24.1 Å². The molecule has 1 saturated heterocycles. The molecule has 1 atom stereocenters. The molecular formula is C15H19ClN2O2. The fourth-order valence-corrected chi connectivity index (χ4v) is 2.64. The van der Waals surface area contributed by atoms with Gasteiger partial charge in [0.05, 0.1) is 12.3 Å². The first-order valence-electron chi connectivity index (χ1n) is 6.84. The molecule has 1 fully saturated rings. The number of carbonyl (C=O) groups excluding carboxylic acids is 2. The van der Waals surface area contributed by atoms with Crippen molar-refractivity contribution in [3.63, 3.8) is 0 Å². The van der Waals surface area contributed by atoms with Crippen LogP contribution in [0.5, 0.6) is 0 Å². The Bertz CT molecular complexity index is 487. The molecule has 0 saturated carbocycles. The lowest BCUT2D eigenvalue weighted by atomic mass is 9.96. The van der Waals surface area contributed by atoms with E-state index in [2.05, 4.69) is 5.32 Å². The zero-order chi connectivity index (χ0) is 14.5. The van der Waals surface area contributed by atoms with Gasteiger partial charge in [-0.2, -0.15) is 0 Å². The molecule has 20 heavy (non-hydrogen) atoms. The zero-order valence-corrected chi connectivity index (χ0v) is 12.3. The summed E-state index contributed by atoms with van der Waals surface area (Å²) >= 11 is 5.83. The molecule has 108 valence electrons.